The number of fused-ring (bicyclic) bond motifs is 1. The van der Waals surface area contributed by atoms with Crippen LogP contribution in [0.4, 0.5) is 0 Å². The molecule has 3 rings (SSSR count). The fourth-order valence-corrected chi connectivity index (χ4v) is 3.61. The molecule has 0 spiro atoms. The van der Waals surface area contributed by atoms with Crippen LogP contribution in [0.25, 0.3) is 0 Å². The lowest BCUT2D eigenvalue weighted by Crippen LogP contribution is -2.63. The van der Waals surface area contributed by atoms with Gasteiger partial charge in [0.2, 0.25) is 0 Å². The zero-order valence-corrected chi connectivity index (χ0v) is 17.3. The summed E-state index contributed by atoms with van der Waals surface area (Å²) in [6, 6.07) is 9.97. The molecule has 0 bridgehead atoms. The molecule has 2 saturated heterocycles. The maximum Gasteiger partial charge on any atom is 0.186 e. The van der Waals surface area contributed by atoms with Crippen molar-refractivity contribution in [1.82, 2.24) is 0 Å². The molecular weight excluding hydrogens is 360 g/mol. The van der Waals surface area contributed by atoms with Crippen molar-refractivity contribution in [2.75, 3.05) is 26.9 Å². The molecule has 6 atom stereocenters. The molecule has 28 heavy (non-hydrogen) atoms. The molecule has 158 valence electrons. The van der Waals surface area contributed by atoms with E-state index in [1.807, 2.05) is 30.3 Å². The number of benzene rings is 1. The minimum Gasteiger partial charge on any atom is -0.372 e. The topological polar surface area (TPSA) is 55.4 Å². The van der Waals surface area contributed by atoms with Crippen LogP contribution in [0.2, 0.25) is 0 Å². The van der Waals surface area contributed by atoms with Gasteiger partial charge < -0.3 is 28.4 Å². The first-order chi connectivity index (χ1) is 13.8. The monoisotopic (exact) mass is 394 g/mol. The lowest BCUT2D eigenvalue weighted by atomic mass is 9.97. The minimum atomic E-state index is -0.495. The smallest absolute Gasteiger partial charge is 0.186 e. The molecule has 2 aliphatic heterocycles. The van der Waals surface area contributed by atoms with Gasteiger partial charge in [0.05, 0.1) is 6.61 Å². The number of rotatable bonds is 10. The summed E-state index contributed by atoms with van der Waals surface area (Å²) in [5, 5.41) is 0. The molecule has 2 aliphatic rings. The predicted octanol–water partition coefficient (Wildman–Crippen LogP) is 3.84. The summed E-state index contributed by atoms with van der Waals surface area (Å²) in [5.41, 5.74) is 0.991. The fraction of sp³-hybridized carbons (Fsp3) is 0.727. The van der Waals surface area contributed by atoms with E-state index >= 15 is 0 Å². The summed E-state index contributed by atoms with van der Waals surface area (Å²) in [6.45, 7) is 6.04. The van der Waals surface area contributed by atoms with Gasteiger partial charge in [0, 0.05) is 25.9 Å². The second-order valence-corrected chi connectivity index (χ2v) is 7.33. The average molecular weight is 395 g/mol. The zero-order valence-electron chi connectivity index (χ0n) is 17.3. The largest absolute Gasteiger partial charge is 0.372 e. The van der Waals surface area contributed by atoms with Crippen LogP contribution in [-0.4, -0.2) is 57.6 Å². The third-order valence-electron chi connectivity index (χ3n) is 5.20. The molecule has 1 aromatic rings. The van der Waals surface area contributed by atoms with Gasteiger partial charge in [-0.1, -0.05) is 57.0 Å². The van der Waals surface area contributed by atoms with Gasteiger partial charge in [-0.05, 0) is 12.8 Å². The van der Waals surface area contributed by atoms with Crippen molar-refractivity contribution in [2.45, 2.75) is 76.5 Å². The summed E-state index contributed by atoms with van der Waals surface area (Å²) in [4.78, 5) is 0. The highest BCUT2D eigenvalue weighted by Crippen LogP contribution is 2.36. The average Bonchev–Trinajstić information content (AvgIpc) is 2.75. The first kappa shape index (κ1) is 21.7. The van der Waals surface area contributed by atoms with E-state index in [0.717, 1.165) is 31.2 Å². The highest BCUT2D eigenvalue weighted by Gasteiger charge is 2.51. The van der Waals surface area contributed by atoms with Gasteiger partial charge in [-0.2, -0.15) is 0 Å². The van der Waals surface area contributed by atoms with Crippen molar-refractivity contribution < 1.29 is 28.4 Å². The van der Waals surface area contributed by atoms with Gasteiger partial charge in [-0.15, -0.1) is 0 Å². The van der Waals surface area contributed by atoms with E-state index in [0.29, 0.717) is 19.8 Å². The Morgan fingerprint density at radius 3 is 2.25 bits per heavy atom. The number of ether oxygens (including phenoxy) is 6. The molecule has 0 N–H and O–H groups in total. The summed E-state index contributed by atoms with van der Waals surface area (Å²) in [7, 11) is 1.64. The first-order valence-electron chi connectivity index (χ1n) is 10.5. The molecule has 2 heterocycles. The lowest BCUT2D eigenvalue weighted by molar-refractivity contribution is -0.367. The van der Waals surface area contributed by atoms with E-state index in [4.69, 9.17) is 28.4 Å². The summed E-state index contributed by atoms with van der Waals surface area (Å²) >= 11 is 0. The maximum atomic E-state index is 6.34. The van der Waals surface area contributed by atoms with Crippen LogP contribution in [0.5, 0.6) is 0 Å². The van der Waals surface area contributed by atoms with Crippen LogP contribution >= 0.6 is 0 Å². The van der Waals surface area contributed by atoms with Crippen molar-refractivity contribution in [3.05, 3.63) is 35.9 Å². The van der Waals surface area contributed by atoms with Gasteiger partial charge in [0.1, 0.15) is 24.4 Å². The Kier molecular flexibility index (Phi) is 8.70. The normalized spacial score (nSPS) is 32.8. The van der Waals surface area contributed by atoms with Gasteiger partial charge in [-0.3, -0.25) is 0 Å². The Morgan fingerprint density at radius 2 is 1.61 bits per heavy atom. The van der Waals surface area contributed by atoms with E-state index < -0.39 is 12.6 Å². The highest BCUT2D eigenvalue weighted by molar-refractivity contribution is 5.16. The van der Waals surface area contributed by atoms with Gasteiger partial charge in [-0.25, -0.2) is 0 Å². The molecule has 0 saturated carbocycles. The molecule has 0 radical (unpaired) electrons. The van der Waals surface area contributed by atoms with Crippen LogP contribution in [0.1, 0.15) is 51.4 Å². The van der Waals surface area contributed by atoms with E-state index in [9.17, 15) is 0 Å². The molecule has 0 aliphatic carbocycles. The Labute approximate surface area is 168 Å². The summed E-state index contributed by atoms with van der Waals surface area (Å²) < 4.78 is 36.4. The van der Waals surface area contributed by atoms with E-state index in [1.54, 1.807) is 7.11 Å². The SMILES string of the molecule is CCCCOC1C(OC)OC2COC(c3ccccc3)OC2C1OCCCC. The van der Waals surface area contributed by atoms with Crippen LogP contribution in [0.15, 0.2) is 30.3 Å². The van der Waals surface area contributed by atoms with Gasteiger partial charge in [0.25, 0.3) is 0 Å². The Hall–Kier alpha value is -1.02. The third kappa shape index (κ3) is 5.32. The first-order valence-corrected chi connectivity index (χ1v) is 10.5. The molecule has 6 nitrogen and oxygen atoms in total. The van der Waals surface area contributed by atoms with Gasteiger partial charge in [0.15, 0.2) is 12.6 Å². The van der Waals surface area contributed by atoms with E-state index in [1.165, 1.54) is 0 Å². The molecule has 0 aromatic heterocycles. The second-order valence-electron chi connectivity index (χ2n) is 7.33. The summed E-state index contributed by atoms with van der Waals surface area (Å²) in [6.07, 6.45) is 2.08. The van der Waals surface area contributed by atoms with Crippen molar-refractivity contribution in [1.29, 1.82) is 0 Å². The van der Waals surface area contributed by atoms with Crippen LogP contribution in [0.3, 0.4) is 0 Å². The molecule has 2 fully saturated rings. The Bertz CT molecular complexity index is 553. The third-order valence-corrected chi connectivity index (χ3v) is 5.20. The van der Waals surface area contributed by atoms with Crippen LogP contribution in [-0.2, 0) is 28.4 Å². The number of unbranched alkanes of at least 4 members (excludes halogenated alkanes) is 2. The Morgan fingerprint density at radius 1 is 0.929 bits per heavy atom. The lowest BCUT2D eigenvalue weighted by Gasteiger charge is -2.48. The van der Waals surface area contributed by atoms with Crippen molar-refractivity contribution in [2.24, 2.45) is 0 Å². The van der Waals surface area contributed by atoms with Crippen LogP contribution in [0, 0.1) is 0 Å². The highest BCUT2D eigenvalue weighted by atomic mass is 16.8. The van der Waals surface area contributed by atoms with Crippen molar-refractivity contribution in [3.8, 4) is 0 Å². The maximum absolute atomic E-state index is 6.34. The number of hydrogen-bond donors (Lipinski definition) is 0. The van der Waals surface area contributed by atoms with E-state index in [-0.39, 0.29) is 24.4 Å². The second kappa shape index (κ2) is 11.2. The molecule has 6 unspecified atom stereocenters. The molecule has 6 heteroatoms. The molecular formula is C22H34O6. The number of methoxy groups -OCH3 is 1. The zero-order chi connectivity index (χ0) is 19.8. The van der Waals surface area contributed by atoms with Crippen molar-refractivity contribution >= 4 is 0 Å². The summed E-state index contributed by atoms with van der Waals surface area (Å²) in [5.74, 6) is 0. The van der Waals surface area contributed by atoms with Gasteiger partial charge >= 0.3 is 0 Å². The van der Waals surface area contributed by atoms with Crippen LogP contribution < -0.4 is 0 Å². The quantitative estimate of drug-likeness (QED) is 0.562. The fourth-order valence-electron chi connectivity index (χ4n) is 3.61. The standard InChI is InChI=1S/C22H34O6/c1-4-6-13-24-19-18-17(27-22(23-3)20(19)25-14-7-5-2)15-26-21(28-18)16-11-9-8-10-12-16/h8-12,17-22H,4-7,13-15H2,1-3H3. The Balaban J connectivity index is 1.76. The van der Waals surface area contributed by atoms with Crippen molar-refractivity contribution in [3.63, 3.8) is 0 Å². The minimum absolute atomic E-state index is 0.248. The van der Waals surface area contributed by atoms with E-state index in [2.05, 4.69) is 13.8 Å². The molecule has 0 amide bonds. The predicted molar refractivity (Wildman–Crippen MR) is 105 cm³/mol. The molecule has 1 aromatic carbocycles. The number of hydrogen-bond acceptors (Lipinski definition) is 6.